The van der Waals surface area contributed by atoms with Crippen molar-refractivity contribution in [2.45, 2.75) is 18.7 Å². The zero-order valence-corrected chi connectivity index (χ0v) is 12.2. The van der Waals surface area contributed by atoms with Gasteiger partial charge in [-0.1, -0.05) is 29.3 Å². The largest absolute Gasteiger partial charge is 0.377 e. The fourth-order valence-corrected chi connectivity index (χ4v) is 1.85. The van der Waals surface area contributed by atoms with Crippen LogP contribution >= 0.6 is 0 Å². The van der Waals surface area contributed by atoms with E-state index in [-0.39, 0.29) is 4.90 Å². The first-order valence-corrected chi connectivity index (χ1v) is 7.32. The predicted octanol–water partition coefficient (Wildman–Crippen LogP) is 2.63. The topological polar surface area (TPSA) is 57.6 Å². The van der Waals surface area contributed by atoms with Gasteiger partial charge in [-0.05, 0) is 38.3 Å². The van der Waals surface area contributed by atoms with Gasteiger partial charge in [0.2, 0.25) is 0 Å². The lowest BCUT2D eigenvalue weighted by Gasteiger charge is -2.14. The van der Waals surface area contributed by atoms with E-state index in [2.05, 4.69) is 37.2 Å². The van der Waals surface area contributed by atoms with Crippen molar-refractivity contribution in [1.82, 2.24) is 4.90 Å². The van der Waals surface area contributed by atoms with Gasteiger partial charge in [0.05, 0.1) is 4.90 Å². The van der Waals surface area contributed by atoms with Gasteiger partial charge in [-0.3, -0.25) is 4.55 Å². The number of allylic oxidation sites excluding steroid dienone is 2. The van der Waals surface area contributed by atoms with Crippen LogP contribution in [0, 0.1) is 6.92 Å². The first kappa shape index (κ1) is 15.5. The smallest absolute Gasteiger partial charge is 0.294 e. The number of rotatable bonds is 1. The van der Waals surface area contributed by atoms with Crippen LogP contribution in [0.2, 0.25) is 0 Å². The number of aryl methyl sites for hydroxylation is 1. The molecule has 0 radical (unpaired) electrons. The summed E-state index contributed by atoms with van der Waals surface area (Å²) >= 11 is 0. The van der Waals surface area contributed by atoms with Gasteiger partial charge >= 0.3 is 0 Å². The molecule has 5 heteroatoms. The molecule has 2 rings (SSSR count). The van der Waals surface area contributed by atoms with Crippen LogP contribution in [-0.2, 0) is 10.1 Å². The second-order valence-electron chi connectivity index (χ2n) is 4.49. The highest BCUT2D eigenvalue weighted by Gasteiger charge is 2.06. The molecule has 0 bridgehead atoms. The molecule has 104 valence electrons. The maximum atomic E-state index is 10.5. The Morgan fingerprint density at radius 1 is 1.16 bits per heavy atom. The SMILES string of the molecule is CC1=CCN(C)C=C1.Cc1ccc(S(=O)(=O)O)cc1. The predicted molar refractivity (Wildman–Crippen MR) is 76.5 cm³/mol. The molecule has 1 aromatic rings. The van der Waals surface area contributed by atoms with Crippen molar-refractivity contribution in [3.05, 3.63) is 53.8 Å². The summed E-state index contributed by atoms with van der Waals surface area (Å²) in [5, 5.41) is 0. The molecular weight excluding hydrogens is 262 g/mol. The monoisotopic (exact) mass is 281 g/mol. The summed E-state index contributed by atoms with van der Waals surface area (Å²) in [6.45, 7) is 5.01. The van der Waals surface area contributed by atoms with E-state index in [0.717, 1.165) is 12.1 Å². The van der Waals surface area contributed by atoms with Crippen molar-refractivity contribution < 1.29 is 13.0 Å². The molecule has 1 aliphatic heterocycles. The maximum Gasteiger partial charge on any atom is 0.294 e. The Bertz CT molecular complexity index is 571. The third-order valence-electron chi connectivity index (χ3n) is 2.61. The van der Waals surface area contributed by atoms with Crippen LogP contribution in [0.3, 0.4) is 0 Å². The van der Waals surface area contributed by atoms with Gasteiger partial charge in [0.15, 0.2) is 0 Å². The summed E-state index contributed by atoms with van der Waals surface area (Å²) in [7, 11) is -1.95. The number of nitrogens with zero attached hydrogens (tertiary/aromatic N) is 1. The van der Waals surface area contributed by atoms with Gasteiger partial charge in [-0.15, -0.1) is 0 Å². The van der Waals surface area contributed by atoms with Crippen molar-refractivity contribution in [2.24, 2.45) is 0 Å². The van der Waals surface area contributed by atoms with Crippen molar-refractivity contribution in [3.63, 3.8) is 0 Å². The Balaban J connectivity index is 0.000000200. The van der Waals surface area contributed by atoms with Crippen molar-refractivity contribution in [2.75, 3.05) is 13.6 Å². The van der Waals surface area contributed by atoms with Gasteiger partial charge in [-0.25, -0.2) is 0 Å². The standard InChI is InChI=1S/C7H11N.C7H8O3S/c1-7-3-5-8(2)6-4-7;1-6-2-4-7(5-3-6)11(8,9)10/h3-5H,6H2,1-2H3;2-5H,1H3,(H,8,9,10). The Morgan fingerprint density at radius 2 is 1.74 bits per heavy atom. The number of hydrogen-bond donors (Lipinski definition) is 1. The molecule has 0 amide bonds. The fourth-order valence-electron chi connectivity index (χ4n) is 1.37. The molecule has 0 fully saturated rings. The molecule has 4 nitrogen and oxygen atoms in total. The molecule has 0 aliphatic carbocycles. The highest BCUT2D eigenvalue weighted by Crippen LogP contribution is 2.08. The van der Waals surface area contributed by atoms with Crippen molar-refractivity contribution in [3.8, 4) is 0 Å². The van der Waals surface area contributed by atoms with E-state index in [1.54, 1.807) is 12.1 Å². The summed E-state index contributed by atoms with van der Waals surface area (Å²) in [6, 6.07) is 5.99. The van der Waals surface area contributed by atoms with E-state index < -0.39 is 10.1 Å². The number of benzene rings is 1. The van der Waals surface area contributed by atoms with E-state index >= 15 is 0 Å². The van der Waals surface area contributed by atoms with E-state index in [1.807, 2.05) is 6.92 Å². The molecule has 1 N–H and O–H groups in total. The van der Waals surface area contributed by atoms with E-state index in [9.17, 15) is 8.42 Å². The van der Waals surface area contributed by atoms with Crippen LogP contribution in [-0.4, -0.2) is 31.5 Å². The lowest BCUT2D eigenvalue weighted by atomic mass is 10.2. The lowest BCUT2D eigenvalue weighted by molar-refractivity contribution is 0.483. The average molecular weight is 281 g/mol. The zero-order valence-electron chi connectivity index (χ0n) is 11.4. The summed E-state index contributed by atoms with van der Waals surface area (Å²) in [5.74, 6) is 0. The Morgan fingerprint density at radius 3 is 2.11 bits per heavy atom. The highest BCUT2D eigenvalue weighted by atomic mass is 32.2. The van der Waals surface area contributed by atoms with Gasteiger partial charge in [0.25, 0.3) is 10.1 Å². The fraction of sp³-hybridized carbons (Fsp3) is 0.286. The van der Waals surface area contributed by atoms with E-state index in [4.69, 9.17) is 4.55 Å². The van der Waals surface area contributed by atoms with Gasteiger partial charge in [0, 0.05) is 13.6 Å². The number of likely N-dealkylation sites (N-methyl/N-ethyl adjacent to an activating group) is 1. The van der Waals surface area contributed by atoms with Gasteiger partial charge < -0.3 is 4.90 Å². The van der Waals surface area contributed by atoms with Crippen LogP contribution in [0.4, 0.5) is 0 Å². The highest BCUT2D eigenvalue weighted by molar-refractivity contribution is 7.85. The molecule has 0 saturated heterocycles. The third kappa shape index (κ3) is 5.72. The second kappa shape index (κ2) is 6.54. The average Bonchev–Trinajstić information content (AvgIpc) is 2.33. The first-order valence-electron chi connectivity index (χ1n) is 5.88. The first-order chi connectivity index (χ1) is 8.79. The van der Waals surface area contributed by atoms with Crippen LogP contribution in [0.15, 0.2) is 53.1 Å². The molecular formula is C14H19NO3S. The lowest BCUT2D eigenvalue weighted by Crippen LogP contribution is -2.12. The molecule has 0 spiro atoms. The van der Waals surface area contributed by atoms with Crippen LogP contribution in [0.25, 0.3) is 0 Å². The van der Waals surface area contributed by atoms with Gasteiger partial charge in [0.1, 0.15) is 0 Å². The molecule has 1 aliphatic rings. The van der Waals surface area contributed by atoms with Crippen molar-refractivity contribution in [1.29, 1.82) is 0 Å². The quantitative estimate of drug-likeness (QED) is 0.804. The number of hydrogen-bond acceptors (Lipinski definition) is 3. The Hall–Kier alpha value is -1.59. The molecule has 0 atom stereocenters. The van der Waals surface area contributed by atoms with Crippen LogP contribution in [0.1, 0.15) is 12.5 Å². The minimum Gasteiger partial charge on any atom is -0.377 e. The molecule has 0 unspecified atom stereocenters. The molecule has 19 heavy (non-hydrogen) atoms. The minimum absolute atomic E-state index is 0.0666. The molecule has 1 aromatic carbocycles. The van der Waals surface area contributed by atoms with Crippen LogP contribution < -0.4 is 0 Å². The zero-order chi connectivity index (χ0) is 14.5. The summed E-state index contributed by atoms with van der Waals surface area (Å²) in [6.07, 6.45) is 6.42. The Labute approximate surface area is 114 Å². The van der Waals surface area contributed by atoms with E-state index in [0.29, 0.717) is 0 Å². The molecule has 0 saturated carbocycles. The third-order valence-corrected chi connectivity index (χ3v) is 3.48. The van der Waals surface area contributed by atoms with Crippen LogP contribution in [0.5, 0.6) is 0 Å². The molecule has 0 aromatic heterocycles. The normalized spacial score (nSPS) is 14.5. The summed E-state index contributed by atoms with van der Waals surface area (Å²) < 4.78 is 29.6. The Kier molecular flexibility index (Phi) is 5.32. The van der Waals surface area contributed by atoms with Crippen molar-refractivity contribution >= 4 is 10.1 Å². The second-order valence-corrected chi connectivity index (χ2v) is 5.91. The van der Waals surface area contributed by atoms with Gasteiger partial charge in [-0.2, -0.15) is 8.42 Å². The summed E-state index contributed by atoms with van der Waals surface area (Å²) in [4.78, 5) is 2.08. The maximum absolute atomic E-state index is 10.5. The minimum atomic E-state index is -4.02. The molecule has 1 heterocycles. The van der Waals surface area contributed by atoms with E-state index in [1.165, 1.54) is 17.7 Å². The summed E-state index contributed by atoms with van der Waals surface area (Å²) in [5.41, 5.74) is 2.32.